The number of alkyl halides is 1. The molecule has 0 fully saturated rings. The van der Waals surface area contributed by atoms with Gasteiger partial charge in [-0.2, -0.15) is 4.39 Å². The van der Waals surface area contributed by atoms with Gasteiger partial charge in [-0.1, -0.05) is 6.08 Å². The standard InChI is InChI=1S/C15H17FN2O/c1-5-6-12-10(2)17-13-8-7-11(9-14(13)18-12)19-15(3,4)16/h5-9H,1-4H3/b6-5+. The summed E-state index contributed by atoms with van der Waals surface area (Å²) >= 11 is 0. The van der Waals surface area contributed by atoms with Gasteiger partial charge in [0.15, 0.2) is 0 Å². The molecule has 0 amide bonds. The van der Waals surface area contributed by atoms with E-state index in [4.69, 9.17) is 4.74 Å². The van der Waals surface area contributed by atoms with Crippen LogP contribution in [0.4, 0.5) is 4.39 Å². The summed E-state index contributed by atoms with van der Waals surface area (Å²) in [6, 6.07) is 5.19. The summed E-state index contributed by atoms with van der Waals surface area (Å²) in [4.78, 5) is 8.97. The van der Waals surface area contributed by atoms with E-state index in [1.54, 1.807) is 18.2 Å². The average Bonchev–Trinajstić information content (AvgIpc) is 2.29. The first-order valence-corrected chi connectivity index (χ1v) is 6.18. The summed E-state index contributed by atoms with van der Waals surface area (Å²) in [5, 5.41) is 0. The number of ether oxygens (including phenoxy) is 1. The molecule has 2 rings (SSSR count). The van der Waals surface area contributed by atoms with Gasteiger partial charge in [-0.25, -0.2) is 9.97 Å². The van der Waals surface area contributed by atoms with Gasteiger partial charge in [-0.05, 0) is 32.1 Å². The Labute approximate surface area is 112 Å². The van der Waals surface area contributed by atoms with Crippen molar-refractivity contribution in [2.45, 2.75) is 33.5 Å². The van der Waals surface area contributed by atoms with Crippen LogP contribution in [0.3, 0.4) is 0 Å². The third-order valence-electron chi connectivity index (χ3n) is 2.53. The molecular formula is C15H17FN2O. The zero-order chi connectivity index (χ0) is 14.0. The normalized spacial score (nSPS) is 12.3. The fraction of sp³-hybridized carbons (Fsp3) is 0.333. The highest BCUT2D eigenvalue weighted by Crippen LogP contribution is 2.23. The van der Waals surface area contributed by atoms with Crippen LogP contribution in [0.15, 0.2) is 24.3 Å². The molecule has 0 atom stereocenters. The molecular weight excluding hydrogens is 243 g/mol. The van der Waals surface area contributed by atoms with Crippen molar-refractivity contribution in [2.75, 3.05) is 0 Å². The number of aromatic nitrogens is 2. The molecule has 0 aliphatic rings. The second-order valence-corrected chi connectivity index (χ2v) is 4.81. The molecule has 0 saturated heterocycles. The van der Waals surface area contributed by atoms with E-state index in [0.717, 1.165) is 16.9 Å². The smallest absolute Gasteiger partial charge is 0.242 e. The number of halogens is 1. The third kappa shape index (κ3) is 3.28. The van der Waals surface area contributed by atoms with Crippen molar-refractivity contribution in [2.24, 2.45) is 0 Å². The van der Waals surface area contributed by atoms with Gasteiger partial charge in [-0.3, -0.25) is 0 Å². The summed E-state index contributed by atoms with van der Waals surface area (Å²) in [5.74, 6) is -1.26. The summed E-state index contributed by atoms with van der Waals surface area (Å²) < 4.78 is 18.7. The fourth-order valence-electron chi connectivity index (χ4n) is 1.80. The molecule has 0 bridgehead atoms. The summed E-state index contributed by atoms with van der Waals surface area (Å²) in [6.07, 6.45) is 3.81. The van der Waals surface area contributed by atoms with Crippen molar-refractivity contribution in [3.05, 3.63) is 35.7 Å². The minimum atomic E-state index is -1.71. The first-order chi connectivity index (χ1) is 8.89. The van der Waals surface area contributed by atoms with Crippen molar-refractivity contribution in [1.82, 2.24) is 9.97 Å². The maximum absolute atomic E-state index is 13.5. The minimum absolute atomic E-state index is 0.449. The second kappa shape index (κ2) is 4.96. The molecule has 0 N–H and O–H groups in total. The monoisotopic (exact) mass is 260 g/mol. The van der Waals surface area contributed by atoms with Crippen LogP contribution in [0.2, 0.25) is 0 Å². The van der Waals surface area contributed by atoms with Crippen molar-refractivity contribution >= 4 is 17.1 Å². The van der Waals surface area contributed by atoms with Crippen LogP contribution >= 0.6 is 0 Å². The lowest BCUT2D eigenvalue weighted by Crippen LogP contribution is -2.20. The van der Waals surface area contributed by atoms with Gasteiger partial charge in [0.2, 0.25) is 5.85 Å². The zero-order valence-electron chi connectivity index (χ0n) is 11.6. The number of fused-ring (bicyclic) bond motifs is 1. The number of benzene rings is 1. The quantitative estimate of drug-likeness (QED) is 0.834. The van der Waals surface area contributed by atoms with E-state index in [9.17, 15) is 4.39 Å². The second-order valence-electron chi connectivity index (χ2n) is 4.81. The van der Waals surface area contributed by atoms with E-state index in [1.807, 2.05) is 26.0 Å². The van der Waals surface area contributed by atoms with Crippen molar-refractivity contribution < 1.29 is 9.13 Å². The fourth-order valence-corrected chi connectivity index (χ4v) is 1.80. The maximum atomic E-state index is 13.5. The third-order valence-corrected chi connectivity index (χ3v) is 2.53. The van der Waals surface area contributed by atoms with Crippen molar-refractivity contribution in [3.63, 3.8) is 0 Å². The number of hydrogen-bond acceptors (Lipinski definition) is 3. The Balaban J connectivity index is 2.49. The van der Waals surface area contributed by atoms with Gasteiger partial charge >= 0.3 is 0 Å². The van der Waals surface area contributed by atoms with Gasteiger partial charge in [0.25, 0.3) is 0 Å². The molecule has 0 spiro atoms. The van der Waals surface area contributed by atoms with E-state index in [-0.39, 0.29) is 0 Å². The Bertz CT molecular complexity index is 630. The lowest BCUT2D eigenvalue weighted by atomic mass is 10.2. The zero-order valence-corrected chi connectivity index (χ0v) is 11.6. The van der Waals surface area contributed by atoms with Crippen LogP contribution in [0, 0.1) is 6.92 Å². The molecule has 1 aromatic heterocycles. The van der Waals surface area contributed by atoms with E-state index in [1.165, 1.54) is 13.8 Å². The molecule has 0 radical (unpaired) electrons. The largest absolute Gasteiger partial charge is 0.458 e. The van der Waals surface area contributed by atoms with E-state index >= 15 is 0 Å². The van der Waals surface area contributed by atoms with Crippen LogP contribution in [-0.2, 0) is 0 Å². The number of hydrogen-bond donors (Lipinski definition) is 0. The number of aryl methyl sites for hydroxylation is 1. The summed E-state index contributed by atoms with van der Waals surface area (Å²) in [6.45, 7) is 6.57. The molecule has 1 aromatic carbocycles. The van der Waals surface area contributed by atoms with E-state index < -0.39 is 5.85 Å². The average molecular weight is 260 g/mol. The molecule has 3 nitrogen and oxygen atoms in total. The van der Waals surface area contributed by atoms with Crippen LogP contribution in [0.1, 0.15) is 32.2 Å². The van der Waals surface area contributed by atoms with Gasteiger partial charge in [0.05, 0.1) is 22.4 Å². The van der Waals surface area contributed by atoms with Gasteiger partial charge in [0, 0.05) is 19.9 Å². The molecule has 1 heterocycles. The Hall–Kier alpha value is -1.97. The topological polar surface area (TPSA) is 35.0 Å². The predicted molar refractivity (Wildman–Crippen MR) is 74.8 cm³/mol. The lowest BCUT2D eigenvalue weighted by Gasteiger charge is -2.17. The Morgan fingerprint density at radius 2 is 1.95 bits per heavy atom. The Kier molecular flexibility index (Phi) is 3.51. The van der Waals surface area contributed by atoms with E-state index in [2.05, 4.69) is 9.97 Å². The highest BCUT2D eigenvalue weighted by molar-refractivity contribution is 5.77. The summed E-state index contributed by atoms with van der Waals surface area (Å²) in [5.41, 5.74) is 3.15. The molecule has 0 unspecified atom stereocenters. The van der Waals surface area contributed by atoms with Gasteiger partial charge in [0.1, 0.15) is 5.75 Å². The molecule has 0 aliphatic heterocycles. The lowest BCUT2D eigenvalue weighted by molar-refractivity contribution is -0.0256. The molecule has 2 aromatic rings. The van der Waals surface area contributed by atoms with Crippen LogP contribution in [0.25, 0.3) is 17.1 Å². The SMILES string of the molecule is C/C=C/c1nc2cc(OC(C)(C)F)ccc2nc1C. The molecule has 0 saturated carbocycles. The summed E-state index contributed by atoms with van der Waals surface area (Å²) in [7, 11) is 0. The molecule has 100 valence electrons. The van der Waals surface area contributed by atoms with Crippen molar-refractivity contribution in [1.29, 1.82) is 0 Å². The number of allylic oxidation sites excluding steroid dienone is 1. The highest BCUT2D eigenvalue weighted by atomic mass is 19.2. The molecule has 4 heteroatoms. The Morgan fingerprint density at radius 1 is 1.21 bits per heavy atom. The van der Waals surface area contributed by atoms with E-state index in [0.29, 0.717) is 11.3 Å². The van der Waals surface area contributed by atoms with Crippen LogP contribution in [-0.4, -0.2) is 15.8 Å². The first kappa shape index (κ1) is 13.5. The van der Waals surface area contributed by atoms with Crippen LogP contribution in [0.5, 0.6) is 5.75 Å². The van der Waals surface area contributed by atoms with Gasteiger partial charge in [-0.15, -0.1) is 0 Å². The number of rotatable bonds is 3. The van der Waals surface area contributed by atoms with Gasteiger partial charge < -0.3 is 4.74 Å². The Morgan fingerprint density at radius 3 is 2.58 bits per heavy atom. The first-order valence-electron chi connectivity index (χ1n) is 6.18. The van der Waals surface area contributed by atoms with Crippen LogP contribution < -0.4 is 4.74 Å². The van der Waals surface area contributed by atoms with Crippen molar-refractivity contribution in [3.8, 4) is 5.75 Å². The highest BCUT2D eigenvalue weighted by Gasteiger charge is 2.17. The minimum Gasteiger partial charge on any atom is -0.458 e. The maximum Gasteiger partial charge on any atom is 0.242 e. The molecule has 19 heavy (non-hydrogen) atoms. The number of nitrogens with zero attached hydrogens (tertiary/aromatic N) is 2. The molecule has 0 aliphatic carbocycles. The predicted octanol–water partition coefficient (Wildman–Crippen LogP) is 4.06.